The van der Waals surface area contributed by atoms with Crippen molar-refractivity contribution in [3.8, 4) is 0 Å². The van der Waals surface area contributed by atoms with Gasteiger partial charge in [-0.15, -0.1) is 0 Å². The molecule has 5 nitrogen and oxygen atoms in total. The summed E-state index contributed by atoms with van der Waals surface area (Å²) >= 11 is 0. The van der Waals surface area contributed by atoms with Crippen LogP contribution in [-0.4, -0.2) is 53.1 Å². The Morgan fingerprint density at radius 1 is 1.11 bits per heavy atom. The minimum atomic E-state index is -0.469. The van der Waals surface area contributed by atoms with Crippen LogP contribution in [0, 0.1) is 5.92 Å². The average molecular weight is 268 g/mol. The first-order valence-electron chi connectivity index (χ1n) is 7.01. The summed E-state index contributed by atoms with van der Waals surface area (Å²) in [7, 11) is 0. The minimum Gasteiger partial charge on any atom is -0.444 e. The molecule has 0 N–H and O–H groups in total. The van der Waals surface area contributed by atoms with Gasteiger partial charge in [0.05, 0.1) is 6.04 Å². The fourth-order valence-electron chi connectivity index (χ4n) is 2.88. The molecule has 108 valence electrons. The van der Waals surface area contributed by atoms with Crippen LogP contribution in [0.2, 0.25) is 0 Å². The molecule has 19 heavy (non-hydrogen) atoms. The SMILES string of the molecule is CC(=O)N1CC2CCC(C1)N(C(=O)OC(C)(C)C)C2. The van der Waals surface area contributed by atoms with Gasteiger partial charge >= 0.3 is 6.09 Å². The maximum absolute atomic E-state index is 12.2. The van der Waals surface area contributed by atoms with E-state index >= 15 is 0 Å². The molecule has 2 atom stereocenters. The van der Waals surface area contributed by atoms with Crippen LogP contribution < -0.4 is 0 Å². The Morgan fingerprint density at radius 2 is 1.79 bits per heavy atom. The normalized spacial score (nSPS) is 27.2. The second-order valence-electron chi connectivity index (χ2n) is 6.65. The number of piperidine rings is 1. The molecular weight excluding hydrogens is 244 g/mol. The molecule has 0 spiro atoms. The Morgan fingerprint density at radius 3 is 2.37 bits per heavy atom. The summed E-state index contributed by atoms with van der Waals surface area (Å²) in [6.07, 6.45) is 1.81. The zero-order chi connectivity index (χ0) is 14.2. The van der Waals surface area contributed by atoms with Gasteiger partial charge in [-0.05, 0) is 39.5 Å². The van der Waals surface area contributed by atoms with Gasteiger partial charge in [-0.3, -0.25) is 4.79 Å². The number of nitrogens with zero attached hydrogens (tertiary/aromatic N) is 2. The summed E-state index contributed by atoms with van der Waals surface area (Å²) in [5.41, 5.74) is -0.469. The zero-order valence-corrected chi connectivity index (χ0v) is 12.3. The van der Waals surface area contributed by atoms with E-state index in [2.05, 4.69) is 0 Å². The Balaban J connectivity index is 2.08. The first-order valence-corrected chi connectivity index (χ1v) is 7.01. The lowest BCUT2D eigenvalue weighted by Crippen LogP contribution is -2.49. The summed E-state index contributed by atoms with van der Waals surface area (Å²) in [6, 6.07) is 0.109. The molecule has 3 rings (SSSR count). The van der Waals surface area contributed by atoms with Crippen LogP contribution in [0.1, 0.15) is 40.5 Å². The van der Waals surface area contributed by atoms with Gasteiger partial charge in [0, 0.05) is 26.6 Å². The molecule has 5 heteroatoms. The lowest BCUT2D eigenvalue weighted by Gasteiger charge is -2.36. The second kappa shape index (κ2) is 5.02. The van der Waals surface area contributed by atoms with Crippen molar-refractivity contribution >= 4 is 12.0 Å². The lowest BCUT2D eigenvalue weighted by atomic mass is 9.95. The summed E-state index contributed by atoms with van der Waals surface area (Å²) in [5.74, 6) is 0.484. The molecule has 0 aromatic rings. The third kappa shape index (κ3) is 3.39. The van der Waals surface area contributed by atoms with Crippen molar-refractivity contribution in [2.45, 2.75) is 52.2 Å². The van der Waals surface area contributed by atoms with Crippen LogP contribution in [0.5, 0.6) is 0 Å². The van der Waals surface area contributed by atoms with E-state index in [0.29, 0.717) is 19.0 Å². The van der Waals surface area contributed by atoms with Gasteiger partial charge in [-0.2, -0.15) is 0 Å². The van der Waals surface area contributed by atoms with Crippen molar-refractivity contribution in [1.82, 2.24) is 9.80 Å². The van der Waals surface area contributed by atoms with Crippen LogP contribution >= 0.6 is 0 Å². The number of fused-ring (bicyclic) bond motifs is 4. The monoisotopic (exact) mass is 268 g/mol. The van der Waals surface area contributed by atoms with Gasteiger partial charge in [0.25, 0.3) is 0 Å². The van der Waals surface area contributed by atoms with Crippen LogP contribution in [0.3, 0.4) is 0 Å². The number of amides is 2. The van der Waals surface area contributed by atoms with E-state index in [-0.39, 0.29) is 18.0 Å². The highest BCUT2D eigenvalue weighted by molar-refractivity contribution is 5.74. The Labute approximate surface area is 114 Å². The number of hydrogen-bond acceptors (Lipinski definition) is 3. The largest absolute Gasteiger partial charge is 0.444 e. The molecule has 0 aromatic heterocycles. The highest BCUT2D eigenvalue weighted by atomic mass is 16.6. The van der Waals surface area contributed by atoms with Crippen molar-refractivity contribution in [2.24, 2.45) is 5.92 Å². The van der Waals surface area contributed by atoms with E-state index in [1.165, 1.54) is 0 Å². The van der Waals surface area contributed by atoms with E-state index < -0.39 is 5.60 Å². The van der Waals surface area contributed by atoms with Gasteiger partial charge < -0.3 is 14.5 Å². The Bertz CT molecular complexity index is 375. The second-order valence-corrected chi connectivity index (χ2v) is 6.65. The van der Waals surface area contributed by atoms with Gasteiger partial charge in [0.2, 0.25) is 5.91 Å². The average Bonchev–Trinajstić information content (AvgIpc) is 2.57. The molecule has 2 amide bonds. The molecule has 3 fully saturated rings. The van der Waals surface area contributed by atoms with Gasteiger partial charge in [0.15, 0.2) is 0 Å². The zero-order valence-electron chi connectivity index (χ0n) is 12.3. The fourth-order valence-corrected chi connectivity index (χ4v) is 2.88. The third-order valence-electron chi connectivity index (χ3n) is 3.79. The number of hydrogen-bond donors (Lipinski definition) is 0. The van der Waals surface area contributed by atoms with E-state index in [1.54, 1.807) is 6.92 Å². The smallest absolute Gasteiger partial charge is 0.410 e. The topological polar surface area (TPSA) is 49.9 Å². The summed E-state index contributed by atoms with van der Waals surface area (Å²) < 4.78 is 5.46. The highest BCUT2D eigenvalue weighted by Crippen LogP contribution is 2.29. The van der Waals surface area contributed by atoms with E-state index in [1.807, 2.05) is 30.6 Å². The van der Waals surface area contributed by atoms with Crippen molar-refractivity contribution in [3.63, 3.8) is 0 Å². The first kappa shape index (κ1) is 14.2. The quantitative estimate of drug-likeness (QED) is 0.674. The molecule has 0 radical (unpaired) electrons. The Kier molecular flexibility index (Phi) is 3.74. The molecule has 3 aliphatic rings. The van der Waals surface area contributed by atoms with E-state index in [4.69, 9.17) is 4.74 Å². The highest BCUT2D eigenvalue weighted by Gasteiger charge is 2.39. The number of carbonyl (C=O) groups excluding carboxylic acids is 2. The first-order chi connectivity index (χ1) is 8.76. The molecule has 3 aliphatic heterocycles. The Hall–Kier alpha value is -1.26. The molecule has 3 heterocycles. The van der Waals surface area contributed by atoms with Crippen molar-refractivity contribution in [2.75, 3.05) is 19.6 Å². The maximum atomic E-state index is 12.2. The minimum absolute atomic E-state index is 0.0999. The molecule has 0 saturated carbocycles. The van der Waals surface area contributed by atoms with Crippen molar-refractivity contribution in [3.05, 3.63) is 0 Å². The van der Waals surface area contributed by atoms with Crippen LogP contribution in [0.15, 0.2) is 0 Å². The predicted molar refractivity (Wildman–Crippen MR) is 71.7 cm³/mol. The summed E-state index contributed by atoms with van der Waals surface area (Å²) in [6.45, 7) is 9.36. The molecule has 0 aliphatic carbocycles. The molecule has 3 saturated heterocycles. The number of rotatable bonds is 0. The van der Waals surface area contributed by atoms with E-state index in [9.17, 15) is 9.59 Å². The number of carbonyl (C=O) groups is 2. The van der Waals surface area contributed by atoms with Crippen molar-refractivity contribution < 1.29 is 14.3 Å². The fraction of sp³-hybridized carbons (Fsp3) is 0.857. The standard InChI is InChI=1S/C14H24N2O3/c1-10(17)15-7-11-5-6-12(9-15)16(8-11)13(18)19-14(2,3)4/h11-12H,5-9H2,1-4H3. The van der Waals surface area contributed by atoms with Crippen LogP contribution in [0.25, 0.3) is 0 Å². The predicted octanol–water partition coefficient (Wildman–Crippen LogP) is 1.86. The van der Waals surface area contributed by atoms with Crippen molar-refractivity contribution in [1.29, 1.82) is 0 Å². The summed E-state index contributed by atoms with van der Waals surface area (Å²) in [5, 5.41) is 0. The van der Waals surface area contributed by atoms with Gasteiger partial charge in [-0.1, -0.05) is 0 Å². The lowest BCUT2D eigenvalue weighted by molar-refractivity contribution is -0.129. The third-order valence-corrected chi connectivity index (χ3v) is 3.79. The van der Waals surface area contributed by atoms with Gasteiger partial charge in [-0.25, -0.2) is 4.79 Å². The maximum Gasteiger partial charge on any atom is 0.410 e. The number of ether oxygens (including phenoxy) is 1. The van der Waals surface area contributed by atoms with Crippen LogP contribution in [0.4, 0.5) is 4.79 Å². The molecule has 0 aromatic carbocycles. The molecular formula is C14H24N2O3. The summed E-state index contributed by atoms with van der Waals surface area (Å²) in [4.78, 5) is 27.5. The van der Waals surface area contributed by atoms with Gasteiger partial charge in [0.1, 0.15) is 5.60 Å². The van der Waals surface area contributed by atoms with E-state index in [0.717, 1.165) is 19.4 Å². The molecule has 2 unspecified atom stereocenters. The van der Waals surface area contributed by atoms with Crippen LogP contribution in [-0.2, 0) is 9.53 Å². The molecule has 2 bridgehead atoms.